The first kappa shape index (κ1) is 25.0. The first-order valence-electron chi connectivity index (χ1n) is 11.3. The van der Waals surface area contributed by atoms with Crippen molar-refractivity contribution in [2.24, 2.45) is 0 Å². The number of benzene rings is 3. The predicted molar refractivity (Wildman–Crippen MR) is 134 cm³/mol. The van der Waals surface area contributed by atoms with E-state index < -0.39 is 23.8 Å². The van der Waals surface area contributed by atoms with E-state index in [-0.39, 0.29) is 5.91 Å². The first-order valence-corrected chi connectivity index (χ1v) is 11.3. The molecule has 0 unspecified atom stereocenters. The molecule has 34 heavy (non-hydrogen) atoms. The second-order valence-corrected chi connectivity index (χ2v) is 9.06. The van der Waals surface area contributed by atoms with Crippen molar-refractivity contribution in [3.63, 3.8) is 0 Å². The van der Waals surface area contributed by atoms with Gasteiger partial charge in [0.05, 0.1) is 12.7 Å². The Morgan fingerprint density at radius 2 is 1.38 bits per heavy atom. The van der Waals surface area contributed by atoms with Crippen LogP contribution < -0.4 is 10.6 Å². The summed E-state index contributed by atoms with van der Waals surface area (Å²) in [7, 11) is 0. The van der Waals surface area contributed by atoms with Crippen molar-refractivity contribution in [3.8, 4) is 11.1 Å². The summed E-state index contributed by atoms with van der Waals surface area (Å²) in [5, 5.41) is 5.55. The first-order chi connectivity index (χ1) is 16.2. The van der Waals surface area contributed by atoms with Crippen molar-refractivity contribution in [1.29, 1.82) is 0 Å². The van der Waals surface area contributed by atoms with Gasteiger partial charge in [-0.3, -0.25) is 4.79 Å². The average Bonchev–Trinajstić information content (AvgIpc) is 2.81. The lowest BCUT2D eigenvalue weighted by molar-refractivity contribution is -0.122. The van der Waals surface area contributed by atoms with Crippen LogP contribution in [-0.2, 0) is 20.9 Å². The number of rotatable bonds is 8. The van der Waals surface area contributed by atoms with E-state index in [4.69, 9.17) is 9.47 Å². The Labute approximate surface area is 201 Å². The van der Waals surface area contributed by atoms with Crippen LogP contribution in [0.1, 0.15) is 33.3 Å². The van der Waals surface area contributed by atoms with Crippen molar-refractivity contribution in [3.05, 3.63) is 90.5 Å². The lowest BCUT2D eigenvalue weighted by Gasteiger charge is -2.27. The van der Waals surface area contributed by atoms with Crippen LogP contribution in [0.15, 0.2) is 84.9 Å². The minimum absolute atomic E-state index is 0.313. The molecule has 0 saturated heterocycles. The lowest BCUT2D eigenvalue weighted by Crippen LogP contribution is -2.52. The van der Waals surface area contributed by atoms with Crippen LogP contribution in [0.2, 0.25) is 0 Å². The van der Waals surface area contributed by atoms with Gasteiger partial charge in [0, 0.05) is 5.69 Å². The number of ether oxygens (including phenoxy) is 2. The monoisotopic (exact) mass is 460 g/mol. The molecule has 3 rings (SSSR count). The summed E-state index contributed by atoms with van der Waals surface area (Å²) < 4.78 is 11.3. The molecule has 0 heterocycles. The zero-order valence-corrected chi connectivity index (χ0v) is 20.1. The molecule has 3 aromatic carbocycles. The third-order valence-electron chi connectivity index (χ3n) is 5.04. The highest BCUT2D eigenvalue weighted by atomic mass is 16.6. The Hall–Kier alpha value is -3.64. The summed E-state index contributed by atoms with van der Waals surface area (Å²) in [6, 6.07) is 26.2. The maximum Gasteiger partial charge on any atom is 0.408 e. The van der Waals surface area contributed by atoms with Crippen LogP contribution in [0.5, 0.6) is 0 Å². The van der Waals surface area contributed by atoms with Crippen LogP contribution in [0.25, 0.3) is 11.1 Å². The van der Waals surface area contributed by atoms with Crippen molar-refractivity contribution in [2.45, 2.75) is 52.0 Å². The predicted octanol–water partition coefficient (Wildman–Crippen LogP) is 5.79. The fourth-order valence-electron chi connectivity index (χ4n) is 3.33. The molecule has 0 aliphatic rings. The number of carbonyl (C=O) groups excluding carboxylic acids is 2. The van der Waals surface area contributed by atoms with E-state index >= 15 is 0 Å². The Kier molecular flexibility index (Phi) is 8.44. The molecule has 0 aromatic heterocycles. The SMILES string of the molecule is C[C@@H](OCc1ccccc1)[C@@H](NC(=O)OC(C)(C)C)C(=O)Nc1ccc(-c2ccccc2)cc1. The van der Waals surface area contributed by atoms with E-state index in [1.165, 1.54) is 0 Å². The van der Waals surface area contributed by atoms with Crippen LogP contribution in [0.3, 0.4) is 0 Å². The van der Waals surface area contributed by atoms with Gasteiger partial charge in [0.2, 0.25) is 5.91 Å². The number of nitrogens with one attached hydrogen (secondary N) is 2. The second-order valence-electron chi connectivity index (χ2n) is 9.06. The molecule has 2 atom stereocenters. The Bertz CT molecular complexity index is 1060. The van der Waals surface area contributed by atoms with Gasteiger partial charge in [-0.2, -0.15) is 0 Å². The molecule has 0 radical (unpaired) electrons. The molecule has 0 bridgehead atoms. The summed E-state index contributed by atoms with van der Waals surface area (Å²) in [5.74, 6) is -0.390. The Morgan fingerprint density at radius 3 is 1.97 bits per heavy atom. The highest BCUT2D eigenvalue weighted by molar-refractivity contribution is 5.97. The topological polar surface area (TPSA) is 76.7 Å². The van der Waals surface area contributed by atoms with Gasteiger partial charge in [0.1, 0.15) is 11.6 Å². The number of amides is 2. The maximum absolute atomic E-state index is 13.2. The van der Waals surface area contributed by atoms with Crippen LogP contribution in [0.4, 0.5) is 10.5 Å². The van der Waals surface area contributed by atoms with Gasteiger partial charge < -0.3 is 20.1 Å². The minimum Gasteiger partial charge on any atom is -0.444 e. The Balaban J connectivity index is 1.70. The number of hydrogen-bond acceptors (Lipinski definition) is 4. The van der Waals surface area contributed by atoms with Gasteiger partial charge in [-0.05, 0) is 56.5 Å². The van der Waals surface area contributed by atoms with Crippen molar-refractivity contribution < 1.29 is 19.1 Å². The summed E-state index contributed by atoms with van der Waals surface area (Å²) >= 11 is 0. The molecule has 2 amide bonds. The Morgan fingerprint density at radius 1 is 0.824 bits per heavy atom. The van der Waals surface area contributed by atoms with Gasteiger partial charge >= 0.3 is 6.09 Å². The summed E-state index contributed by atoms with van der Waals surface area (Å²) in [6.45, 7) is 7.37. The van der Waals surface area contributed by atoms with Gasteiger partial charge in [-0.15, -0.1) is 0 Å². The minimum atomic E-state index is -0.952. The van der Waals surface area contributed by atoms with E-state index in [9.17, 15) is 9.59 Å². The zero-order chi connectivity index (χ0) is 24.6. The van der Waals surface area contributed by atoms with Crippen molar-refractivity contribution >= 4 is 17.7 Å². The van der Waals surface area contributed by atoms with E-state index in [2.05, 4.69) is 10.6 Å². The molecule has 0 fully saturated rings. The molecule has 178 valence electrons. The largest absolute Gasteiger partial charge is 0.444 e. The fraction of sp³-hybridized carbons (Fsp3) is 0.286. The maximum atomic E-state index is 13.2. The zero-order valence-electron chi connectivity index (χ0n) is 20.1. The fourth-order valence-corrected chi connectivity index (χ4v) is 3.33. The molecule has 0 aliphatic carbocycles. The molecule has 6 nitrogen and oxygen atoms in total. The molecule has 3 aromatic rings. The summed E-state index contributed by atoms with van der Waals surface area (Å²) in [6.07, 6.45) is -1.28. The quantitative estimate of drug-likeness (QED) is 0.446. The number of hydrogen-bond donors (Lipinski definition) is 2. The van der Waals surface area contributed by atoms with E-state index in [0.29, 0.717) is 12.3 Å². The van der Waals surface area contributed by atoms with Crippen LogP contribution in [0, 0.1) is 0 Å². The molecule has 0 saturated carbocycles. The highest BCUT2D eigenvalue weighted by Crippen LogP contribution is 2.21. The molecular formula is C28H32N2O4. The third-order valence-corrected chi connectivity index (χ3v) is 5.04. The summed E-state index contributed by atoms with van der Waals surface area (Å²) in [4.78, 5) is 25.6. The van der Waals surface area contributed by atoms with Crippen molar-refractivity contribution in [1.82, 2.24) is 5.32 Å². The second kappa shape index (κ2) is 11.5. The standard InChI is InChI=1S/C28H32N2O4/c1-20(33-19-21-11-7-5-8-12-21)25(30-27(32)34-28(2,3)4)26(31)29-24-17-15-23(16-18-24)22-13-9-6-10-14-22/h5-18,20,25H,19H2,1-4H3,(H,29,31)(H,30,32)/t20-,25-/m1/s1. The van der Waals surface area contributed by atoms with Crippen LogP contribution in [-0.4, -0.2) is 29.7 Å². The lowest BCUT2D eigenvalue weighted by atomic mass is 10.1. The van der Waals surface area contributed by atoms with Gasteiger partial charge in [-0.1, -0.05) is 72.8 Å². The summed E-state index contributed by atoms with van der Waals surface area (Å²) in [5.41, 5.74) is 3.04. The van der Waals surface area contributed by atoms with Gasteiger partial charge in [0.25, 0.3) is 0 Å². The molecular weight excluding hydrogens is 428 g/mol. The normalized spacial score (nSPS) is 12.9. The molecule has 6 heteroatoms. The molecule has 0 aliphatic heterocycles. The smallest absolute Gasteiger partial charge is 0.408 e. The number of carbonyl (C=O) groups is 2. The van der Waals surface area contributed by atoms with E-state index in [1.807, 2.05) is 84.9 Å². The van der Waals surface area contributed by atoms with Gasteiger partial charge in [0.15, 0.2) is 0 Å². The number of alkyl carbamates (subject to hydrolysis) is 1. The molecule has 0 spiro atoms. The highest BCUT2D eigenvalue weighted by Gasteiger charge is 2.30. The third kappa shape index (κ3) is 7.74. The van der Waals surface area contributed by atoms with E-state index in [0.717, 1.165) is 16.7 Å². The number of anilines is 1. The van der Waals surface area contributed by atoms with Gasteiger partial charge in [-0.25, -0.2) is 4.79 Å². The van der Waals surface area contributed by atoms with E-state index in [1.54, 1.807) is 27.7 Å². The molecule has 2 N–H and O–H groups in total. The van der Waals surface area contributed by atoms with Crippen LogP contribution >= 0.6 is 0 Å². The van der Waals surface area contributed by atoms with Crippen molar-refractivity contribution in [2.75, 3.05) is 5.32 Å². The average molecular weight is 461 g/mol.